The molecule has 1 aliphatic rings. The van der Waals surface area contributed by atoms with Crippen LogP contribution in [0.2, 0.25) is 0 Å². The summed E-state index contributed by atoms with van der Waals surface area (Å²) in [6, 6.07) is 4.83. The van der Waals surface area contributed by atoms with Crippen LogP contribution in [0.4, 0.5) is 4.39 Å². The molecule has 0 amide bonds. The molecular formula is C13H13FN2O2. The van der Waals surface area contributed by atoms with Gasteiger partial charge in [0.25, 0.3) is 0 Å². The van der Waals surface area contributed by atoms with Gasteiger partial charge in [0.1, 0.15) is 5.82 Å². The molecule has 2 aromatic rings. The van der Waals surface area contributed by atoms with Crippen molar-refractivity contribution in [1.82, 2.24) is 9.78 Å². The zero-order valence-electron chi connectivity index (χ0n) is 9.97. The highest BCUT2D eigenvalue weighted by Gasteiger charge is 2.37. The molecule has 0 spiro atoms. The number of carbonyl (C=O) groups is 1. The van der Waals surface area contributed by atoms with Crippen molar-refractivity contribution in [3.63, 3.8) is 0 Å². The Morgan fingerprint density at radius 3 is 3.00 bits per heavy atom. The number of halogens is 1. The van der Waals surface area contributed by atoms with Gasteiger partial charge in [-0.25, -0.2) is 4.39 Å². The molecule has 0 atom stereocenters. The van der Waals surface area contributed by atoms with Gasteiger partial charge < -0.3 is 4.74 Å². The summed E-state index contributed by atoms with van der Waals surface area (Å²) in [5.74, 6) is -0.448. The van der Waals surface area contributed by atoms with E-state index in [0.29, 0.717) is 0 Å². The number of benzene rings is 1. The largest absolute Gasteiger partial charge is 0.469 e. The molecule has 18 heavy (non-hydrogen) atoms. The molecule has 5 heteroatoms. The van der Waals surface area contributed by atoms with Gasteiger partial charge in [0.05, 0.1) is 30.8 Å². The molecule has 1 aliphatic carbocycles. The van der Waals surface area contributed by atoms with Gasteiger partial charge in [-0.3, -0.25) is 9.48 Å². The maximum Gasteiger partial charge on any atom is 0.308 e. The number of methoxy groups -OCH3 is 1. The normalized spacial score (nSPS) is 22.8. The van der Waals surface area contributed by atoms with Gasteiger partial charge in [-0.1, -0.05) is 0 Å². The lowest BCUT2D eigenvalue weighted by Gasteiger charge is -2.33. The minimum atomic E-state index is -0.261. The molecule has 1 fully saturated rings. The quantitative estimate of drug-likeness (QED) is 0.766. The van der Waals surface area contributed by atoms with Crippen LogP contribution in [0.5, 0.6) is 0 Å². The van der Waals surface area contributed by atoms with Gasteiger partial charge in [-0.15, -0.1) is 0 Å². The molecule has 1 aromatic heterocycles. The van der Waals surface area contributed by atoms with Gasteiger partial charge in [0, 0.05) is 5.39 Å². The summed E-state index contributed by atoms with van der Waals surface area (Å²) in [6.45, 7) is 0. The third-order valence-electron chi connectivity index (χ3n) is 3.55. The zero-order chi connectivity index (χ0) is 12.7. The van der Waals surface area contributed by atoms with Crippen molar-refractivity contribution in [3.8, 4) is 0 Å². The van der Waals surface area contributed by atoms with E-state index in [2.05, 4.69) is 5.10 Å². The van der Waals surface area contributed by atoms with Crippen LogP contribution in [-0.2, 0) is 9.53 Å². The fraction of sp³-hybridized carbons (Fsp3) is 0.385. The van der Waals surface area contributed by atoms with Crippen molar-refractivity contribution >= 4 is 16.9 Å². The fourth-order valence-electron chi connectivity index (χ4n) is 2.46. The summed E-state index contributed by atoms with van der Waals surface area (Å²) in [4.78, 5) is 11.3. The predicted octanol–water partition coefficient (Wildman–Crippen LogP) is 2.30. The third-order valence-corrected chi connectivity index (χ3v) is 3.55. The first kappa shape index (κ1) is 11.2. The third kappa shape index (κ3) is 1.66. The number of ether oxygens (including phenoxy) is 1. The monoisotopic (exact) mass is 248 g/mol. The number of rotatable bonds is 2. The number of hydrogen-bond donors (Lipinski definition) is 0. The second-order valence-corrected chi connectivity index (χ2v) is 4.64. The van der Waals surface area contributed by atoms with E-state index >= 15 is 0 Å². The maximum absolute atomic E-state index is 13.1. The van der Waals surface area contributed by atoms with E-state index in [9.17, 15) is 9.18 Å². The molecule has 0 bridgehead atoms. The Kier molecular flexibility index (Phi) is 2.54. The molecule has 3 rings (SSSR count). The molecule has 1 aromatic carbocycles. The lowest BCUT2D eigenvalue weighted by atomic mass is 9.80. The van der Waals surface area contributed by atoms with Gasteiger partial charge in [0.2, 0.25) is 0 Å². The first-order chi connectivity index (χ1) is 8.69. The first-order valence-corrected chi connectivity index (χ1v) is 5.89. The molecule has 0 unspecified atom stereocenters. The molecule has 0 saturated heterocycles. The number of esters is 1. The lowest BCUT2D eigenvalue weighted by molar-refractivity contribution is -0.149. The Bertz CT molecular complexity index is 602. The Labute approximate surface area is 103 Å². The van der Waals surface area contributed by atoms with Crippen LogP contribution in [0.3, 0.4) is 0 Å². The zero-order valence-corrected chi connectivity index (χ0v) is 9.97. The molecule has 4 nitrogen and oxygen atoms in total. The Morgan fingerprint density at radius 2 is 2.28 bits per heavy atom. The molecule has 0 N–H and O–H groups in total. The number of aromatic nitrogens is 2. The Hall–Kier alpha value is -1.91. The van der Waals surface area contributed by atoms with E-state index in [0.717, 1.165) is 23.7 Å². The highest BCUT2D eigenvalue weighted by molar-refractivity contribution is 5.79. The van der Waals surface area contributed by atoms with Crippen molar-refractivity contribution in [2.45, 2.75) is 18.9 Å². The van der Waals surface area contributed by atoms with Crippen LogP contribution in [-0.4, -0.2) is 22.9 Å². The Balaban J connectivity index is 1.83. The second-order valence-electron chi connectivity index (χ2n) is 4.64. The summed E-state index contributed by atoms with van der Waals surface area (Å²) in [6.07, 6.45) is 3.13. The minimum absolute atomic E-state index is 0.0281. The van der Waals surface area contributed by atoms with Crippen molar-refractivity contribution in [1.29, 1.82) is 0 Å². The lowest BCUT2D eigenvalue weighted by Crippen LogP contribution is -2.33. The van der Waals surface area contributed by atoms with E-state index in [4.69, 9.17) is 4.74 Å². The van der Waals surface area contributed by atoms with Crippen molar-refractivity contribution < 1.29 is 13.9 Å². The summed E-state index contributed by atoms with van der Waals surface area (Å²) < 4.78 is 19.6. The Morgan fingerprint density at radius 1 is 1.50 bits per heavy atom. The van der Waals surface area contributed by atoms with Crippen LogP contribution in [0, 0.1) is 11.7 Å². The van der Waals surface area contributed by atoms with Crippen LogP contribution in [0.25, 0.3) is 10.9 Å². The average molecular weight is 248 g/mol. The minimum Gasteiger partial charge on any atom is -0.469 e. The van der Waals surface area contributed by atoms with Gasteiger partial charge in [-0.2, -0.15) is 5.10 Å². The molecule has 0 radical (unpaired) electrons. The van der Waals surface area contributed by atoms with Crippen LogP contribution in [0.15, 0.2) is 24.4 Å². The number of fused-ring (bicyclic) bond motifs is 1. The van der Waals surface area contributed by atoms with Crippen molar-refractivity contribution in [3.05, 3.63) is 30.2 Å². The highest BCUT2D eigenvalue weighted by atomic mass is 19.1. The summed E-state index contributed by atoms with van der Waals surface area (Å²) in [7, 11) is 1.40. The SMILES string of the molecule is COC(=O)[C@H]1C[C@H](n2ncc3cc(F)ccc32)C1. The fourth-order valence-corrected chi connectivity index (χ4v) is 2.46. The smallest absolute Gasteiger partial charge is 0.308 e. The number of hydrogen-bond acceptors (Lipinski definition) is 3. The van der Waals surface area contributed by atoms with E-state index in [1.807, 2.05) is 4.68 Å². The molecule has 1 saturated carbocycles. The number of nitrogens with zero attached hydrogens (tertiary/aromatic N) is 2. The molecule has 1 heterocycles. The van der Waals surface area contributed by atoms with Crippen molar-refractivity contribution in [2.24, 2.45) is 5.92 Å². The van der Waals surface area contributed by atoms with Crippen LogP contribution < -0.4 is 0 Å². The summed E-state index contributed by atoms with van der Waals surface area (Å²) in [5, 5.41) is 5.06. The van der Waals surface area contributed by atoms with Crippen LogP contribution in [0.1, 0.15) is 18.9 Å². The first-order valence-electron chi connectivity index (χ1n) is 5.89. The van der Waals surface area contributed by atoms with E-state index in [1.54, 1.807) is 12.3 Å². The molecular weight excluding hydrogens is 235 g/mol. The van der Waals surface area contributed by atoms with E-state index < -0.39 is 0 Å². The van der Waals surface area contributed by atoms with Gasteiger partial charge in [-0.05, 0) is 31.0 Å². The summed E-state index contributed by atoms with van der Waals surface area (Å²) in [5.41, 5.74) is 0.907. The highest BCUT2D eigenvalue weighted by Crippen LogP contribution is 2.39. The van der Waals surface area contributed by atoms with Gasteiger partial charge >= 0.3 is 5.97 Å². The summed E-state index contributed by atoms with van der Waals surface area (Å²) >= 11 is 0. The van der Waals surface area contributed by atoms with E-state index in [1.165, 1.54) is 19.2 Å². The number of carbonyl (C=O) groups excluding carboxylic acids is 1. The maximum atomic E-state index is 13.1. The van der Waals surface area contributed by atoms with E-state index in [-0.39, 0.29) is 23.7 Å². The predicted molar refractivity (Wildman–Crippen MR) is 63.5 cm³/mol. The second kappa shape index (κ2) is 4.08. The van der Waals surface area contributed by atoms with Crippen molar-refractivity contribution in [2.75, 3.05) is 7.11 Å². The average Bonchev–Trinajstić information content (AvgIpc) is 2.70. The molecule has 0 aliphatic heterocycles. The topological polar surface area (TPSA) is 44.1 Å². The standard InChI is InChI=1S/C13H13FN2O2/c1-18-13(17)8-5-11(6-8)16-12-3-2-10(14)4-9(12)7-15-16/h2-4,7-8,11H,5-6H2,1H3/t8-,11-. The molecule has 94 valence electrons. The van der Waals surface area contributed by atoms with Crippen LogP contribution >= 0.6 is 0 Å². The van der Waals surface area contributed by atoms with Gasteiger partial charge in [0.15, 0.2) is 0 Å².